The molecule has 3 rings (SSSR count). The summed E-state index contributed by atoms with van der Waals surface area (Å²) < 4.78 is 5.43. The van der Waals surface area contributed by atoms with E-state index in [-0.39, 0.29) is 11.9 Å². The van der Waals surface area contributed by atoms with Crippen LogP contribution in [-0.2, 0) is 11.2 Å². The van der Waals surface area contributed by atoms with Gasteiger partial charge in [0.2, 0.25) is 5.91 Å². The highest BCUT2D eigenvalue weighted by molar-refractivity contribution is 5.89. The Morgan fingerprint density at radius 3 is 2.19 bits per heavy atom. The van der Waals surface area contributed by atoms with Gasteiger partial charge in [-0.25, -0.2) is 0 Å². The minimum absolute atomic E-state index is 0.0344. The Labute approximate surface area is 161 Å². The van der Waals surface area contributed by atoms with E-state index in [0.717, 1.165) is 41.7 Å². The number of rotatable bonds is 6. The average Bonchev–Trinajstić information content (AvgIpc) is 3.41. The molecule has 4 nitrogen and oxygen atoms in total. The number of benzene rings is 2. The molecule has 0 saturated heterocycles. The molecule has 3 N–H and O–H groups in total. The number of carbonyl (C=O) groups is 1. The van der Waals surface area contributed by atoms with E-state index in [4.69, 9.17) is 10.5 Å². The molecule has 1 saturated carbocycles. The van der Waals surface area contributed by atoms with E-state index in [1.807, 2.05) is 50.2 Å². The Balaban J connectivity index is 1.55. The van der Waals surface area contributed by atoms with Crippen LogP contribution in [0.2, 0.25) is 0 Å². The van der Waals surface area contributed by atoms with Crippen molar-refractivity contribution in [2.24, 2.45) is 5.73 Å². The van der Waals surface area contributed by atoms with Crippen LogP contribution >= 0.6 is 0 Å². The monoisotopic (exact) mass is 362 g/mol. The summed E-state index contributed by atoms with van der Waals surface area (Å²) in [5.41, 5.74) is 8.38. The van der Waals surface area contributed by atoms with Crippen molar-refractivity contribution in [1.82, 2.24) is 5.32 Å². The summed E-state index contributed by atoms with van der Waals surface area (Å²) >= 11 is 0. The number of nitrogens with one attached hydrogen (secondary N) is 1. The molecule has 0 heterocycles. The number of ether oxygens (including phenoxy) is 1. The quantitative estimate of drug-likeness (QED) is 0.777. The van der Waals surface area contributed by atoms with Crippen LogP contribution in [0.15, 0.2) is 48.5 Å². The van der Waals surface area contributed by atoms with Crippen LogP contribution in [0.4, 0.5) is 0 Å². The van der Waals surface area contributed by atoms with Gasteiger partial charge >= 0.3 is 0 Å². The zero-order chi connectivity index (χ0) is 19.3. The van der Waals surface area contributed by atoms with Crippen molar-refractivity contribution in [3.05, 3.63) is 65.2 Å². The first kappa shape index (κ1) is 19.0. The zero-order valence-corrected chi connectivity index (χ0v) is 15.9. The molecule has 140 valence electrons. The van der Waals surface area contributed by atoms with Crippen LogP contribution in [0.25, 0.3) is 0 Å². The Bertz CT molecular complexity index is 841. The summed E-state index contributed by atoms with van der Waals surface area (Å²) in [6.07, 6.45) is 2.34. The zero-order valence-electron chi connectivity index (χ0n) is 15.9. The van der Waals surface area contributed by atoms with Gasteiger partial charge in [-0.05, 0) is 75.1 Å². The van der Waals surface area contributed by atoms with E-state index in [1.165, 1.54) is 0 Å². The molecule has 1 amide bonds. The summed E-state index contributed by atoms with van der Waals surface area (Å²) in [6, 6.07) is 16.0. The van der Waals surface area contributed by atoms with E-state index in [2.05, 4.69) is 29.3 Å². The molecule has 1 aliphatic carbocycles. The van der Waals surface area contributed by atoms with Gasteiger partial charge in [0, 0.05) is 17.2 Å². The van der Waals surface area contributed by atoms with Crippen LogP contribution in [0.1, 0.15) is 43.4 Å². The predicted molar refractivity (Wildman–Crippen MR) is 107 cm³/mol. The lowest BCUT2D eigenvalue weighted by atomic mass is 10.0. The van der Waals surface area contributed by atoms with Gasteiger partial charge in [0.1, 0.15) is 5.75 Å². The highest BCUT2D eigenvalue weighted by atomic mass is 16.5. The molecular formula is C23H26N2O2. The van der Waals surface area contributed by atoms with Crippen LogP contribution in [-0.4, -0.2) is 24.1 Å². The molecule has 1 atom stereocenters. The van der Waals surface area contributed by atoms with Gasteiger partial charge in [-0.2, -0.15) is 0 Å². The highest BCUT2D eigenvalue weighted by Gasteiger charge is 2.46. The van der Waals surface area contributed by atoms with Gasteiger partial charge < -0.3 is 15.8 Å². The predicted octanol–water partition coefficient (Wildman–Crippen LogP) is 3.02. The SMILES string of the molecule is CCOc1ccc(C#Cc2ccc(CC(C)NC(=O)C3(N)CC3)cc2)cc1. The summed E-state index contributed by atoms with van der Waals surface area (Å²) in [4.78, 5) is 12.0. The maximum atomic E-state index is 12.0. The van der Waals surface area contributed by atoms with E-state index in [1.54, 1.807) is 0 Å². The van der Waals surface area contributed by atoms with E-state index >= 15 is 0 Å². The Hall–Kier alpha value is -2.77. The van der Waals surface area contributed by atoms with Gasteiger partial charge in [0.15, 0.2) is 0 Å². The molecule has 2 aromatic rings. The summed E-state index contributed by atoms with van der Waals surface area (Å²) in [6.45, 7) is 4.63. The lowest BCUT2D eigenvalue weighted by Crippen LogP contribution is -2.46. The smallest absolute Gasteiger partial charge is 0.240 e. The second-order valence-corrected chi connectivity index (χ2v) is 7.14. The van der Waals surface area contributed by atoms with E-state index < -0.39 is 5.54 Å². The molecule has 1 unspecified atom stereocenters. The molecule has 0 aromatic heterocycles. The third-order valence-electron chi connectivity index (χ3n) is 4.63. The normalized spacial score (nSPS) is 15.2. The molecule has 0 spiro atoms. The molecular weight excluding hydrogens is 336 g/mol. The molecule has 0 bridgehead atoms. The Morgan fingerprint density at radius 1 is 1.11 bits per heavy atom. The van der Waals surface area contributed by atoms with Crippen molar-refractivity contribution in [3.8, 4) is 17.6 Å². The fourth-order valence-corrected chi connectivity index (χ4v) is 2.80. The molecule has 27 heavy (non-hydrogen) atoms. The molecule has 1 aliphatic rings. The lowest BCUT2D eigenvalue weighted by Gasteiger charge is -2.17. The fourth-order valence-electron chi connectivity index (χ4n) is 2.80. The van der Waals surface area contributed by atoms with Crippen molar-refractivity contribution in [1.29, 1.82) is 0 Å². The van der Waals surface area contributed by atoms with Crippen molar-refractivity contribution < 1.29 is 9.53 Å². The molecule has 0 radical (unpaired) electrons. The third kappa shape index (κ3) is 5.35. The van der Waals surface area contributed by atoms with Crippen molar-refractivity contribution in [3.63, 3.8) is 0 Å². The topological polar surface area (TPSA) is 64.3 Å². The largest absolute Gasteiger partial charge is 0.494 e. The maximum Gasteiger partial charge on any atom is 0.240 e. The van der Waals surface area contributed by atoms with Crippen molar-refractivity contribution in [2.45, 2.75) is 44.7 Å². The van der Waals surface area contributed by atoms with Gasteiger partial charge in [0.05, 0.1) is 12.1 Å². The maximum absolute atomic E-state index is 12.0. The first-order chi connectivity index (χ1) is 13.0. The number of amides is 1. The van der Waals surface area contributed by atoms with Gasteiger partial charge in [-0.1, -0.05) is 24.0 Å². The first-order valence-corrected chi connectivity index (χ1v) is 9.42. The lowest BCUT2D eigenvalue weighted by molar-refractivity contribution is -0.123. The highest BCUT2D eigenvalue weighted by Crippen LogP contribution is 2.32. The van der Waals surface area contributed by atoms with Crippen LogP contribution in [0.3, 0.4) is 0 Å². The summed E-state index contributed by atoms with van der Waals surface area (Å²) in [5.74, 6) is 7.16. The average molecular weight is 362 g/mol. The van der Waals surface area contributed by atoms with Crippen LogP contribution in [0, 0.1) is 11.8 Å². The van der Waals surface area contributed by atoms with Crippen LogP contribution in [0.5, 0.6) is 5.75 Å². The minimum atomic E-state index is -0.616. The van der Waals surface area contributed by atoms with Gasteiger partial charge in [-0.3, -0.25) is 4.79 Å². The first-order valence-electron chi connectivity index (χ1n) is 9.42. The van der Waals surface area contributed by atoms with Crippen molar-refractivity contribution >= 4 is 5.91 Å². The molecule has 4 heteroatoms. The minimum Gasteiger partial charge on any atom is -0.494 e. The number of carbonyl (C=O) groups excluding carboxylic acids is 1. The second kappa shape index (κ2) is 8.28. The van der Waals surface area contributed by atoms with Crippen LogP contribution < -0.4 is 15.8 Å². The number of hydrogen-bond donors (Lipinski definition) is 2. The molecule has 0 aliphatic heterocycles. The van der Waals surface area contributed by atoms with Gasteiger partial charge in [-0.15, -0.1) is 0 Å². The van der Waals surface area contributed by atoms with E-state index in [9.17, 15) is 4.79 Å². The van der Waals surface area contributed by atoms with E-state index in [0.29, 0.717) is 6.61 Å². The Morgan fingerprint density at radius 2 is 1.67 bits per heavy atom. The Kier molecular flexibility index (Phi) is 5.83. The molecule has 1 fully saturated rings. The number of nitrogens with two attached hydrogens (primary N) is 1. The number of hydrogen-bond acceptors (Lipinski definition) is 3. The summed E-state index contributed by atoms with van der Waals surface area (Å²) in [7, 11) is 0. The summed E-state index contributed by atoms with van der Waals surface area (Å²) in [5, 5.41) is 3.00. The molecule has 2 aromatic carbocycles. The fraction of sp³-hybridized carbons (Fsp3) is 0.348. The second-order valence-electron chi connectivity index (χ2n) is 7.14. The third-order valence-corrected chi connectivity index (χ3v) is 4.63. The van der Waals surface area contributed by atoms with Crippen molar-refractivity contribution in [2.75, 3.05) is 6.61 Å². The standard InChI is InChI=1S/C23H26N2O2/c1-3-27-21-12-10-19(11-13-21)5-4-18-6-8-20(9-7-18)16-17(2)25-22(26)23(24)14-15-23/h6-13,17H,3,14-16,24H2,1-2H3,(H,25,26). The van der Waals surface area contributed by atoms with Gasteiger partial charge in [0.25, 0.3) is 0 Å².